The molecule has 2 nitrogen and oxygen atoms in total. The molecule has 88 valence electrons. The van der Waals surface area contributed by atoms with Gasteiger partial charge in [0.2, 0.25) is 0 Å². The van der Waals surface area contributed by atoms with Crippen LogP contribution in [0.15, 0.2) is 43.0 Å². The summed E-state index contributed by atoms with van der Waals surface area (Å²) in [6, 6.07) is 9.89. The number of rotatable bonds is 7. The van der Waals surface area contributed by atoms with E-state index in [0.717, 1.165) is 18.4 Å². The van der Waals surface area contributed by atoms with Crippen LogP contribution in [0.5, 0.6) is 0 Å². The van der Waals surface area contributed by atoms with Gasteiger partial charge in [-0.05, 0) is 24.8 Å². The molecule has 0 saturated heterocycles. The number of hydrogen-bond donors (Lipinski definition) is 2. The number of hydrogen-bond acceptors (Lipinski definition) is 2. The Bertz CT molecular complexity index is 295. The van der Waals surface area contributed by atoms with Crippen molar-refractivity contribution in [3.8, 4) is 0 Å². The van der Waals surface area contributed by atoms with Gasteiger partial charge in [0.05, 0.1) is 6.10 Å². The lowest BCUT2D eigenvalue weighted by Gasteiger charge is -2.19. The van der Waals surface area contributed by atoms with Gasteiger partial charge in [-0.15, -0.1) is 6.58 Å². The number of benzene rings is 1. The lowest BCUT2D eigenvalue weighted by Crippen LogP contribution is -2.16. The molecule has 0 saturated carbocycles. The van der Waals surface area contributed by atoms with E-state index in [-0.39, 0.29) is 12.5 Å². The molecule has 0 heterocycles. The van der Waals surface area contributed by atoms with E-state index in [4.69, 9.17) is 5.11 Å². The fourth-order valence-electron chi connectivity index (χ4n) is 1.84. The highest BCUT2D eigenvalue weighted by atomic mass is 16.3. The quantitative estimate of drug-likeness (QED) is 0.547. The Hall–Kier alpha value is -1.12. The maximum atomic E-state index is 10.0. The Morgan fingerprint density at radius 1 is 1.19 bits per heavy atom. The van der Waals surface area contributed by atoms with Crippen molar-refractivity contribution in [3.05, 3.63) is 48.6 Å². The molecule has 2 unspecified atom stereocenters. The lowest BCUT2D eigenvalue weighted by molar-refractivity contribution is 0.142. The van der Waals surface area contributed by atoms with Crippen LogP contribution in [0.4, 0.5) is 0 Å². The summed E-state index contributed by atoms with van der Waals surface area (Å²) in [7, 11) is 0. The first-order valence-electron chi connectivity index (χ1n) is 5.76. The van der Waals surface area contributed by atoms with E-state index in [1.54, 1.807) is 6.08 Å². The smallest absolute Gasteiger partial charge is 0.0643 e. The molecule has 0 amide bonds. The molecule has 2 N–H and O–H groups in total. The van der Waals surface area contributed by atoms with E-state index in [1.807, 2.05) is 30.3 Å². The van der Waals surface area contributed by atoms with Crippen LogP contribution in [0, 0.1) is 0 Å². The largest absolute Gasteiger partial charge is 0.396 e. The van der Waals surface area contributed by atoms with Gasteiger partial charge in [0.15, 0.2) is 0 Å². The topological polar surface area (TPSA) is 40.5 Å². The molecule has 0 aliphatic carbocycles. The molecule has 0 aromatic heterocycles. The van der Waals surface area contributed by atoms with Gasteiger partial charge in [-0.2, -0.15) is 0 Å². The molecule has 1 aromatic carbocycles. The minimum absolute atomic E-state index is 0.0140. The van der Waals surface area contributed by atoms with Gasteiger partial charge in [-0.3, -0.25) is 0 Å². The Labute approximate surface area is 97.2 Å². The molecule has 0 aliphatic heterocycles. The molecule has 0 fully saturated rings. The second kappa shape index (κ2) is 7.20. The lowest BCUT2D eigenvalue weighted by atomic mass is 9.91. The van der Waals surface area contributed by atoms with Crippen molar-refractivity contribution in [2.75, 3.05) is 6.61 Å². The zero-order chi connectivity index (χ0) is 11.8. The Morgan fingerprint density at radius 2 is 1.88 bits per heavy atom. The molecule has 0 spiro atoms. The van der Waals surface area contributed by atoms with Gasteiger partial charge in [0.1, 0.15) is 0 Å². The number of aliphatic hydroxyl groups is 2. The van der Waals surface area contributed by atoms with E-state index in [0.29, 0.717) is 6.42 Å². The Balaban J connectivity index is 2.57. The standard InChI is InChI=1S/C14H20O2/c1-2-13(12-8-4-3-5-9-12)14(16)10-6-7-11-15/h2-5,8-9,13-16H,1,6-7,10-11H2. The van der Waals surface area contributed by atoms with E-state index in [1.165, 1.54) is 0 Å². The van der Waals surface area contributed by atoms with Gasteiger partial charge in [-0.25, -0.2) is 0 Å². The summed E-state index contributed by atoms with van der Waals surface area (Å²) in [6.45, 7) is 3.97. The van der Waals surface area contributed by atoms with E-state index in [2.05, 4.69) is 6.58 Å². The summed E-state index contributed by atoms with van der Waals surface area (Å²) in [6.07, 6.45) is 3.67. The summed E-state index contributed by atoms with van der Waals surface area (Å²) in [5.74, 6) is -0.0140. The summed E-state index contributed by atoms with van der Waals surface area (Å²) >= 11 is 0. The molecule has 1 aromatic rings. The molecule has 0 radical (unpaired) electrons. The molecular formula is C14H20O2. The summed E-state index contributed by atoms with van der Waals surface area (Å²) in [5.41, 5.74) is 1.09. The van der Waals surface area contributed by atoms with Gasteiger partial charge in [0.25, 0.3) is 0 Å². The third-order valence-electron chi connectivity index (χ3n) is 2.76. The van der Waals surface area contributed by atoms with Crippen LogP contribution in [0.2, 0.25) is 0 Å². The molecule has 0 bridgehead atoms. The molecule has 2 atom stereocenters. The minimum Gasteiger partial charge on any atom is -0.396 e. The van der Waals surface area contributed by atoms with Crippen molar-refractivity contribution >= 4 is 0 Å². The van der Waals surface area contributed by atoms with E-state index in [9.17, 15) is 5.11 Å². The highest BCUT2D eigenvalue weighted by molar-refractivity contribution is 5.24. The third kappa shape index (κ3) is 3.80. The highest BCUT2D eigenvalue weighted by Gasteiger charge is 2.16. The zero-order valence-electron chi connectivity index (χ0n) is 9.55. The average Bonchev–Trinajstić information content (AvgIpc) is 2.32. The van der Waals surface area contributed by atoms with Gasteiger partial charge in [0, 0.05) is 12.5 Å². The van der Waals surface area contributed by atoms with Crippen LogP contribution in [0.1, 0.15) is 30.7 Å². The molecule has 0 aliphatic rings. The number of aliphatic hydroxyl groups excluding tert-OH is 2. The van der Waals surface area contributed by atoms with E-state index < -0.39 is 6.10 Å². The van der Waals surface area contributed by atoms with Crippen LogP contribution in [0.3, 0.4) is 0 Å². The first-order valence-corrected chi connectivity index (χ1v) is 5.76. The van der Waals surface area contributed by atoms with Gasteiger partial charge >= 0.3 is 0 Å². The SMILES string of the molecule is C=CC(c1ccccc1)C(O)CCCCO. The van der Waals surface area contributed by atoms with Crippen LogP contribution in [-0.4, -0.2) is 22.9 Å². The monoisotopic (exact) mass is 220 g/mol. The van der Waals surface area contributed by atoms with Crippen LogP contribution in [0.25, 0.3) is 0 Å². The Morgan fingerprint density at radius 3 is 2.44 bits per heavy atom. The van der Waals surface area contributed by atoms with E-state index >= 15 is 0 Å². The van der Waals surface area contributed by atoms with Crippen molar-refractivity contribution in [1.29, 1.82) is 0 Å². The number of unbranched alkanes of at least 4 members (excludes halogenated alkanes) is 1. The predicted molar refractivity (Wildman–Crippen MR) is 66.3 cm³/mol. The average molecular weight is 220 g/mol. The van der Waals surface area contributed by atoms with Gasteiger partial charge < -0.3 is 10.2 Å². The summed E-state index contributed by atoms with van der Waals surface area (Å²) in [4.78, 5) is 0. The van der Waals surface area contributed by atoms with Crippen LogP contribution < -0.4 is 0 Å². The maximum Gasteiger partial charge on any atom is 0.0643 e. The normalized spacial score (nSPS) is 14.4. The minimum atomic E-state index is -0.411. The molecule has 2 heteroatoms. The summed E-state index contributed by atoms with van der Waals surface area (Å²) < 4.78 is 0. The molecule has 1 rings (SSSR count). The maximum absolute atomic E-state index is 10.0. The predicted octanol–water partition coefficient (Wildman–Crippen LogP) is 2.48. The highest BCUT2D eigenvalue weighted by Crippen LogP contribution is 2.23. The third-order valence-corrected chi connectivity index (χ3v) is 2.76. The first kappa shape index (κ1) is 12.9. The Kier molecular flexibility index (Phi) is 5.83. The first-order chi connectivity index (χ1) is 7.79. The fraction of sp³-hybridized carbons (Fsp3) is 0.429. The molecule has 16 heavy (non-hydrogen) atoms. The van der Waals surface area contributed by atoms with Crippen LogP contribution in [-0.2, 0) is 0 Å². The second-order valence-electron chi connectivity index (χ2n) is 3.96. The van der Waals surface area contributed by atoms with Crippen molar-refractivity contribution in [1.82, 2.24) is 0 Å². The second-order valence-corrected chi connectivity index (χ2v) is 3.96. The fourth-order valence-corrected chi connectivity index (χ4v) is 1.84. The van der Waals surface area contributed by atoms with Crippen molar-refractivity contribution in [2.45, 2.75) is 31.3 Å². The zero-order valence-corrected chi connectivity index (χ0v) is 9.55. The molecular weight excluding hydrogens is 200 g/mol. The van der Waals surface area contributed by atoms with Crippen molar-refractivity contribution in [2.24, 2.45) is 0 Å². The van der Waals surface area contributed by atoms with Gasteiger partial charge in [-0.1, -0.05) is 36.4 Å². The van der Waals surface area contributed by atoms with Crippen LogP contribution >= 0.6 is 0 Å². The van der Waals surface area contributed by atoms with Crippen molar-refractivity contribution < 1.29 is 10.2 Å². The summed E-state index contributed by atoms with van der Waals surface area (Å²) in [5, 5.41) is 18.7. The van der Waals surface area contributed by atoms with Crippen molar-refractivity contribution in [3.63, 3.8) is 0 Å².